The fourth-order valence-corrected chi connectivity index (χ4v) is 3.75. The Bertz CT molecular complexity index is 1180. The fraction of sp³-hybridized carbons (Fsp3) is 0.167. The molecule has 2 aromatic carbocycles. The van der Waals surface area contributed by atoms with E-state index in [2.05, 4.69) is 0 Å². The van der Waals surface area contributed by atoms with E-state index in [4.69, 9.17) is 13.9 Å². The molecule has 164 valence electrons. The predicted octanol–water partition coefficient (Wildman–Crippen LogP) is 4.06. The van der Waals surface area contributed by atoms with Crippen molar-refractivity contribution in [2.24, 2.45) is 0 Å². The number of carbonyl (C=O) groups excluding carboxylic acids is 2. The van der Waals surface area contributed by atoms with Crippen LogP contribution in [0.1, 0.15) is 22.9 Å². The van der Waals surface area contributed by atoms with Crippen LogP contribution in [-0.2, 0) is 16.1 Å². The van der Waals surface area contributed by atoms with E-state index in [1.54, 1.807) is 30.3 Å². The molecule has 0 radical (unpaired) electrons. The van der Waals surface area contributed by atoms with Crippen molar-refractivity contribution < 1.29 is 33.0 Å². The minimum absolute atomic E-state index is 0.0107. The van der Waals surface area contributed by atoms with Crippen molar-refractivity contribution in [2.75, 3.05) is 14.2 Å². The third-order valence-corrected chi connectivity index (χ3v) is 5.29. The Morgan fingerprint density at radius 1 is 1.06 bits per heavy atom. The molecule has 1 aliphatic heterocycles. The normalized spacial score (nSPS) is 17.6. The van der Waals surface area contributed by atoms with Crippen LogP contribution in [0, 0.1) is 5.82 Å². The van der Waals surface area contributed by atoms with Crippen molar-refractivity contribution in [3.8, 4) is 11.5 Å². The molecule has 0 bridgehead atoms. The number of benzene rings is 2. The zero-order valence-corrected chi connectivity index (χ0v) is 17.4. The molecule has 8 heteroatoms. The van der Waals surface area contributed by atoms with E-state index >= 15 is 0 Å². The lowest BCUT2D eigenvalue weighted by Crippen LogP contribution is -2.29. The highest BCUT2D eigenvalue weighted by Gasteiger charge is 2.46. The van der Waals surface area contributed by atoms with Crippen LogP contribution in [0.3, 0.4) is 0 Å². The highest BCUT2D eigenvalue weighted by molar-refractivity contribution is 6.46. The summed E-state index contributed by atoms with van der Waals surface area (Å²) in [4.78, 5) is 27.3. The predicted molar refractivity (Wildman–Crippen MR) is 113 cm³/mol. The highest BCUT2D eigenvalue weighted by Crippen LogP contribution is 2.42. The number of nitrogens with zero attached hydrogens (tertiary/aromatic N) is 1. The van der Waals surface area contributed by atoms with Gasteiger partial charge in [0.05, 0.1) is 38.6 Å². The van der Waals surface area contributed by atoms with Gasteiger partial charge in [-0.25, -0.2) is 4.39 Å². The Kier molecular flexibility index (Phi) is 5.68. The number of ketones is 1. The SMILES string of the molecule is COc1ccc([C@@H]2C(=C(O)c3ccc(F)cc3)C(=O)C(=O)N2Cc2ccco2)cc1OC. The molecule has 2 heterocycles. The average Bonchev–Trinajstić information content (AvgIpc) is 3.41. The number of hydrogen-bond acceptors (Lipinski definition) is 6. The van der Waals surface area contributed by atoms with Crippen LogP contribution in [-0.4, -0.2) is 35.9 Å². The van der Waals surface area contributed by atoms with Gasteiger partial charge in [0.2, 0.25) is 0 Å². The van der Waals surface area contributed by atoms with Crippen molar-refractivity contribution >= 4 is 17.4 Å². The summed E-state index contributed by atoms with van der Waals surface area (Å²) >= 11 is 0. The summed E-state index contributed by atoms with van der Waals surface area (Å²) < 4.78 is 29.4. The molecule has 0 spiro atoms. The topological polar surface area (TPSA) is 89.2 Å². The number of amides is 1. The molecule has 1 amide bonds. The Balaban J connectivity index is 1.89. The maximum Gasteiger partial charge on any atom is 0.296 e. The van der Waals surface area contributed by atoms with Crippen molar-refractivity contribution in [3.63, 3.8) is 0 Å². The van der Waals surface area contributed by atoms with Gasteiger partial charge in [-0.3, -0.25) is 9.59 Å². The van der Waals surface area contributed by atoms with Gasteiger partial charge in [-0.2, -0.15) is 0 Å². The number of furan rings is 1. The van der Waals surface area contributed by atoms with Crippen LogP contribution >= 0.6 is 0 Å². The monoisotopic (exact) mass is 437 g/mol. The Morgan fingerprint density at radius 3 is 2.41 bits per heavy atom. The second-order valence-electron chi connectivity index (χ2n) is 7.13. The van der Waals surface area contributed by atoms with Crippen LogP contribution in [0.5, 0.6) is 11.5 Å². The van der Waals surface area contributed by atoms with Crippen LogP contribution in [0.4, 0.5) is 4.39 Å². The number of rotatable bonds is 6. The van der Waals surface area contributed by atoms with E-state index in [0.29, 0.717) is 22.8 Å². The summed E-state index contributed by atoms with van der Waals surface area (Å²) in [6.07, 6.45) is 1.47. The molecular weight excluding hydrogens is 417 g/mol. The minimum Gasteiger partial charge on any atom is -0.507 e. The maximum atomic E-state index is 13.4. The lowest BCUT2D eigenvalue weighted by Gasteiger charge is -2.25. The van der Waals surface area contributed by atoms with Crippen molar-refractivity contribution in [1.82, 2.24) is 4.90 Å². The Hall–Kier alpha value is -4.07. The van der Waals surface area contributed by atoms with E-state index < -0.39 is 29.3 Å². The molecule has 1 saturated heterocycles. The summed E-state index contributed by atoms with van der Waals surface area (Å²) in [5.74, 6) is -1.18. The summed E-state index contributed by atoms with van der Waals surface area (Å²) in [7, 11) is 2.97. The van der Waals surface area contributed by atoms with Gasteiger partial charge in [-0.1, -0.05) is 6.07 Å². The number of ether oxygens (including phenoxy) is 2. The number of Topliss-reactive ketones (excluding diaryl/α,β-unsaturated/α-hetero) is 1. The van der Waals surface area contributed by atoms with Crippen LogP contribution in [0.15, 0.2) is 70.9 Å². The van der Waals surface area contributed by atoms with E-state index in [1.165, 1.54) is 49.6 Å². The van der Waals surface area contributed by atoms with Crippen molar-refractivity contribution in [1.29, 1.82) is 0 Å². The maximum absolute atomic E-state index is 13.4. The quantitative estimate of drug-likeness (QED) is 0.355. The number of aliphatic hydroxyl groups excluding tert-OH is 1. The summed E-state index contributed by atoms with van der Waals surface area (Å²) in [5, 5.41) is 11.0. The first-order chi connectivity index (χ1) is 15.4. The fourth-order valence-electron chi connectivity index (χ4n) is 3.75. The Labute approximate surface area is 183 Å². The smallest absolute Gasteiger partial charge is 0.296 e. The highest BCUT2D eigenvalue weighted by atomic mass is 19.1. The van der Waals surface area contributed by atoms with E-state index in [0.717, 1.165) is 0 Å². The van der Waals surface area contributed by atoms with Crippen LogP contribution in [0.25, 0.3) is 5.76 Å². The van der Waals surface area contributed by atoms with E-state index in [-0.39, 0.29) is 17.7 Å². The third-order valence-electron chi connectivity index (χ3n) is 5.29. The first kappa shape index (κ1) is 21.2. The molecule has 1 N–H and O–H groups in total. The zero-order valence-electron chi connectivity index (χ0n) is 17.4. The number of halogens is 1. The molecule has 1 atom stereocenters. The molecule has 7 nitrogen and oxygen atoms in total. The molecule has 0 aliphatic carbocycles. The number of likely N-dealkylation sites (tertiary alicyclic amines) is 1. The number of carbonyl (C=O) groups is 2. The summed E-state index contributed by atoms with van der Waals surface area (Å²) in [5.41, 5.74) is 0.630. The molecular formula is C24H20FNO6. The largest absolute Gasteiger partial charge is 0.507 e. The first-order valence-electron chi connectivity index (χ1n) is 9.73. The van der Waals surface area contributed by atoms with Gasteiger partial charge in [0.25, 0.3) is 11.7 Å². The van der Waals surface area contributed by atoms with Gasteiger partial charge < -0.3 is 23.9 Å². The molecule has 0 unspecified atom stereocenters. The Morgan fingerprint density at radius 2 is 1.78 bits per heavy atom. The van der Waals surface area contributed by atoms with E-state index in [9.17, 15) is 19.1 Å². The minimum atomic E-state index is -0.926. The van der Waals surface area contributed by atoms with Gasteiger partial charge in [-0.15, -0.1) is 0 Å². The van der Waals surface area contributed by atoms with Crippen LogP contribution < -0.4 is 9.47 Å². The third kappa shape index (κ3) is 3.71. The molecule has 0 saturated carbocycles. The lowest BCUT2D eigenvalue weighted by molar-refractivity contribution is -0.140. The van der Waals surface area contributed by atoms with E-state index in [1.807, 2.05) is 0 Å². The number of hydrogen-bond donors (Lipinski definition) is 1. The van der Waals surface area contributed by atoms with Gasteiger partial charge in [-0.05, 0) is 54.1 Å². The first-order valence-corrected chi connectivity index (χ1v) is 9.73. The molecule has 3 aromatic rings. The second kappa shape index (κ2) is 8.58. The molecule has 32 heavy (non-hydrogen) atoms. The summed E-state index contributed by atoms with van der Waals surface area (Å²) in [6, 6.07) is 12.4. The van der Waals surface area contributed by atoms with Gasteiger partial charge >= 0.3 is 0 Å². The van der Waals surface area contributed by atoms with Gasteiger partial charge in [0.15, 0.2) is 11.5 Å². The van der Waals surface area contributed by atoms with Crippen molar-refractivity contribution in [2.45, 2.75) is 12.6 Å². The molecule has 1 aromatic heterocycles. The van der Waals surface area contributed by atoms with Crippen LogP contribution in [0.2, 0.25) is 0 Å². The average molecular weight is 437 g/mol. The van der Waals surface area contributed by atoms with Crippen molar-refractivity contribution in [3.05, 3.63) is 89.1 Å². The zero-order chi connectivity index (χ0) is 22.8. The molecule has 1 aliphatic rings. The number of aliphatic hydroxyl groups is 1. The van der Waals surface area contributed by atoms with Gasteiger partial charge in [0.1, 0.15) is 17.3 Å². The second-order valence-corrected chi connectivity index (χ2v) is 7.13. The molecule has 1 fully saturated rings. The standard InChI is InChI=1S/C24H20FNO6/c1-30-18-10-7-15(12-19(18)31-2)21-20(22(27)14-5-8-16(25)9-6-14)23(28)24(29)26(21)13-17-4-3-11-32-17/h3-12,21,27H,13H2,1-2H3/t21-/m1/s1. The summed E-state index contributed by atoms with van der Waals surface area (Å²) in [6.45, 7) is 0.0107. The lowest BCUT2D eigenvalue weighted by atomic mass is 9.95. The number of methoxy groups -OCH3 is 2. The van der Waals surface area contributed by atoms with Gasteiger partial charge in [0, 0.05) is 5.56 Å². The molecule has 4 rings (SSSR count).